The normalized spacial score (nSPS) is 21.1. The highest BCUT2D eigenvalue weighted by Crippen LogP contribution is 2.16. The Morgan fingerprint density at radius 1 is 1.33 bits per heavy atom. The fourth-order valence-corrected chi connectivity index (χ4v) is 3.22. The molecule has 0 aromatic carbocycles. The van der Waals surface area contributed by atoms with Crippen molar-refractivity contribution in [3.8, 4) is 0 Å². The van der Waals surface area contributed by atoms with Crippen LogP contribution in [0.3, 0.4) is 0 Å². The van der Waals surface area contributed by atoms with Gasteiger partial charge in [0.2, 0.25) is 10.0 Å². The van der Waals surface area contributed by atoms with Crippen LogP contribution in [0.15, 0.2) is 0 Å². The van der Waals surface area contributed by atoms with Gasteiger partial charge in [0.05, 0.1) is 5.25 Å². The predicted molar refractivity (Wildman–Crippen MR) is 62.3 cm³/mol. The standard InChI is InChI=1S/C10H22N2O2S/c1-4-11-10-5-7-12(8-6-10)15(13,14)9(2)3/h9-11H,4-8H2,1-3H3. The summed E-state index contributed by atoms with van der Waals surface area (Å²) in [5, 5.41) is 3.07. The molecule has 0 bridgehead atoms. The summed E-state index contributed by atoms with van der Waals surface area (Å²) in [4.78, 5) is 0. The first-order chi connectivity index (χ1) is 6.98. The molecule has 15 heavy (non-hydrogen) atoms. The Balaban J connectivity index is 2.51. The van der Waals surface area contributed by atoms with Crippen LogP contribution in [0.25, 0.3) is 0 Å². The quantitative estimate of drug-likeness (QED) is 0.783. The average molecular weight is 234 g/mol. The molecular formula is C10H22N2O2S. The van der Waals surface area contributed by atoms with Crippen LogP contribution in [0.4, 0.5) is 0 Å². The van der Waals surface area contributed by atoms with Crippen molar-refractivity contribution in [1.82, 2.24) is 9.62 Å². The van der Waals surface area contributed by atoms with Crippen molar-refractivity contribution >= 4 is 10.0 Å². The van der Waals surface area contributed by atoms with Crippen LogP contribution in [0.1, 0.15) is 33.6 Å². The Morgan fingerprint density at radius 2 is 1.87 bits per heavy atom. The molecule has 0 aromatic rings. The van der Waals surface area contributed by atoms with Gasteiger partial charge in [0.15, 0.2) is 0 Å². The second-order valence-corrected chi connectivity index (χ2v) is 6.81. The number of nitrogens with zero attached hydrogens (tertiary/aromatic N) is 1. The summed E-state index contributed by atoms with van der Waals surface area (Å²) < 4.78 is 25.3. The third-order valence-electron chi connectivity index (χ3n) is 2.90. The van der Waals surface area contributed by atoms with Gasteiger partial charge in [-0.2, -0.15) is 0 Å². The van der Waals surface area contributed by atoms with E-state index in [0.717, 1.165) is 19.4 Å². The molecule has 0 aromatic heterocycles. The van der Waals surface area contributed by atoms with Crippen LogP contribution in [-0.4, -0.2) is 43.6 Å². The lowest BCUT2D eigenvalue weighted by atomic mass is 10.1. The summed E-state index contributed by atoms with van der Waals surface area (Å²) in [6.45, 7) is 7.85. The SMILES string of the molecule is CCNC1CCN(S(=O)(=O)C(C)C)CC1. The fourth-order valence-electron chi connectivity index (χ4n) is 1.90. The molecule has 0 spiro atoms. The number of piperidine rings is 1. The Kier molecular flexibility index (Phi) is 4.55. The molecule has 0 unspecified atom stereocenters. The van der Waals surface area contributed by atoms with E-state index in [0.29, 0.717) is 19.1 Å². The Morgan fingerprint density at radius 3 is 2.27 bits per heavy atom. The van der Waals surface area contributed by atoms with Gasteiger partial charge in [0.1, 0.15) is 0 Å². The first-order valence-electron chi connectivity index (χ1n) is 5.70. The van der Waals surface area contributed by atoms with E-state index in [4.69, 9.17) is 0 Å². The van der Waals surface area contributed by atoms with Gasteiger partial charge < -0.3 is 5.32 Å². The molecule has 1 rings (SSSR count). The van der Waals surface area contributed by atoms with Crippen molar-refractivity contribution in [1.29, 1.82) is 0 Å². The van der Waals surface area contributed by atoms with Crippen molar-refractivity contribution in [2.75, 3.05) is 19.6 Å². The highest BCUT2D eigenvalue weighted by molar-refractivity contribution is 7.89. The molecule has 0 atom stereocenters. The highest BCUT2D eigenvalue weighted by Gasteiger charge is 2.29. The van der Waals surface area contributed by atoms with Crippen LogP contribution in [0, 0.1) is 0 Å². The van der Waals surface area contributed by atoms with Crippen molar-refractivity contribution in [3.05, 3.63) is 0 Å². The summed E-state index contributed by atoms with van der Waals surface area (Å²) >= 11 is 0. The maximum Gasteiger partial charge on any atom is 0.216 e. The molecule has 1 fully saturated rings. The van der Waals surface area contributed by atoms with Crippen LogP contribution in [0.5, 0.6) is 0 Å². The summed E-state index contributed by atoms with van der Waals surface area (Å²) in [6, 6.07) is 0.494. The molecule has 1 saturated heterocycles. The predicted octanol–water partition coefficient (Wildman–Crippen LogP) is 0.798. The number of nitrogens with one attached hydrogen (secondary N) is 1. The lowest BCUT2D eigenvalue weighted by Crippen LogP contribution is -2.46. The Hall–Kier alpha value is -0.130. The minimum Gasteiger partial charge on any atom is -0.314 e. The molecule has 1 heterocycles. The van der Waals surface area contributed by atoms with Crippen molar-refractivity contribution in [3.63, 3.8) is 0 Å². The number of rotatable bonds is 4. The zero-order valence-electron chi connectivity index (χ0n) is 9.86. The Bertz CT molecular complexity index is 280. The topological polar surface area (TPSA) is 49.4 Å². The van der Waals surface area contributed by atoms with Crippen LogP contribution in [0.2, 0.25) is 0 Å². The third-order valence-corrected chi connectivity index (χ3v) is 5.18. The van der Waals surface area contributed by atoms with E-state index < -0.39 is 10.0 Å². The summed E-state index contributed by atoms with van der Waals surface area (Å²) in [7, 11) is -3.03. The van der Waals surface area contributed by atoms with Crippen molar-refractivity contribution < 1.29 is 8.42 Å². The van der Waals surface area contributed by atoms with E-state index in [-0.39, 0.29) is 5.25 Å². The lowest BCUT2D eigenvalue weighted by molar-refractivity contribution is 0.290. The van der Waals surface area contributed by atoms with Gasteiger partial charge in [-0.25, -0.2) is 12.7 Å². The van der Waals surface area contributed by atoms with E-state index in [1.165, 1.54) is 0 Å². The third kappa shape index (κ3) is 3.16. The van der Waals surface area contributed by atoms with Crippen LogP contribution >= 0.6 is 0 Å². The first kappa shape index (κ1) is 12.9. The molecule has 1 N–H and O–H groups in total. The highest BCUT2D eigenvalue weighted by atomic mass is 32.2. The molecule has 4 nitrogen and oxygen atoms in total. The second-order valence-electron chi connectivity index (χ2n) is 4.32. The molecule has 0 saturated carbocycles. The van der Waals surface area contributed by atoms with Crippen molar-refractivity contribution in [2.45, 2.75) is 44.9 Å². The van der Waals surface area contributed by atoms with Gasteiger partial charge in [-0.3, -0.25) is 0 Å². The number of hydrogen-bond donors (Lipinski definition) is 1. The van der Waals surface area contributed by atoms with Gasteiger partial charge in [-0.1, -0.05) is 6.92 Å². The van der Waals surface area contributed by atoms with Crippen LogP contribution in [-0.2, 0) is 10.0 Å². The molecule has 0 amide bonds. The molecular weight excluding hydrogens is 212 g/mol. The second kappa shape index (κ2) is 5.27. The van der Waals surface area contributed by atoms with E-state index in [9.17, 15) is 8.42 Å². The monoisotopic (exact) mass is 234 g/mol. The van der Waals surface area contributed by atoms with Gasteiger partial charge in [-0.05, 0) is 33.2 Å². The molecule has 0 radical (unpaired) electrons. The smallest absolute Gasteiger partial charge is 0.216 e. The molecule has 0 aliphatic carbocycles. The largest absolute Gasteiger partial charge is 0.314 e. The van der Waals surface area contributed by atoms with E-state index >= 15 is 0 Å². The average Bonchev–Trinajstić information content (AvgIpc) is 2.19. The van der Waals surface area contributed by atoms with Crippen LogP contribution < -0.4 is 5.32 Å². The lowest BCUT2D eigenvalue weighted by Gasteiger charge is -2.32. The van der Waals surface area contributed by atoms with Gasteiger partial charge in [-0.15, -0.1) is 0 Å². The van der Waals surface area contributed by atoms with Gasteiger partial charge >= 0.3 is 0 Å². The first-order valence-corrected chi connectivity index (χ1v) is 7.21. The number of hydrogen-bond acceptors (Lipinski definition) is 3. The zero-order chi connectivity index (χ0) is 11.5. The van der Waals surface area contributed by atoms with Crippen molar-refractivity contribution in [2.24, 2.45) is 0 Å². The number of sulfonamides is 1. The minimum absolute atomic E-state index is 0.298. The van der Waals surface area contributed by atoms with Gasteiger partial charge in [0.25, 0.3) is 0 Å². The summed E-state index contributed by atoms with van der Waals surface area (Å²) in [5.41, 5.74) is 0. The minimum atomic E-state index is -3.03. The molecule has 5 heteroatoms. The molecule has 90 valence electrons. The molecule has 1 aliphatic rings. The summed E-state index contributed by atoms with van der Waals surface area (Å²) in [5.74, 6) is 0. The van der Waals surface area contributed by atoms with E-state index in [2.05, 4.69) is 12.2 Å². The Labute approximate surface area is 93.1 Å². The summed E-state index contributed by atoms with van der Waals surface area (Å²) in [6.07, 6.45) is 1.86. The fraction of sp³-hybridized carbons (Fsp3) is 1.00. The van der Waals surface area contributed by atoms with E-state index in [1.54, 1.807) is 18.2 Å². The zero-order valence-corrected chi connectivity index (χ0v) is 10.7. The van der Waals surface area contributed by atoms with Gasteiger partial charge in [0, 0.05) is 19.1 Å². The van der Waals surface area contributed by atoms with E-state index in [1.807, 2.05) is 0 Å². The maximum absolute atomic E-state index is 11.9. The molecule has 1 aliphatic heterocycles. The maximum atomic E-state index is 11.9.